The minimum absolute atomic E-state index is 0.0251. The molecule has 0 unspecified atom stereocenters. The SMILES string of the molecule is CS(=O)(=O)N(CCC(=O)Nc1ccc2c(c1)OCCO2)C1CCCC1. The van der Waals surface area contributed by atoms with Gasteiger partial charge in [0.25, 0.3) is 0 Å². The van der Waals surface area contributed by atoms with E-state index in [0.717, 1.165) is 25.7 Å². The molecule has 138 valence electrons. The summed E-state index contributed by atoms with van der Waals surface area (Å²) >= 11 is 0. The van der Waals surface area contributed by atoms with Gasteiger partial charge >= 0.3 is 0 Å². The lowest BCUT2D eigenvalue weighted by Crippen LogP contribution is -2.39. The smallest absolute Gasteiger partial charge is 0.225 e. The number of anilines is 1. The lowest BCUT2D eigenvalue weighted by molar-refractivity contribution is -0.116. The summed E-state index contributed by atoms with van der Waals surface area (Å²) in [5.74, 6) is 1.05. The molecule has 0 spiro atoms. The Morgan fingerprint density at radius 1 is 1.20 bits per heavy atom. The largest absolute Gasteiger partial charge is 0.486 e. The summed E-state index contributed by atoms with van der Waals surface area (Å²) in [4.78, 5) is 12.2. The molecule has 1 fully saturated rings. The highest BCUT2D eigenvalue weighted by atomic mass is 32.2. The van der Waals surface area contributed by atoms with Crippen LogP contribution in [0.25, 0.3) is 0 Å². The number of benzene rings is 1. The van der Waals surface area contributed by atoms with E-state index in [0.29, 0.717) is 30.4 Å². The molecular formula is C17H24N2O5S. The molecule has 0 radical (unpaired) electrons. The highest BCUT2D eigenvalue weighted by Gasteiger charge is 2.29. The van der Waals surface area contributed by atoms with Crippen molar-refractivity contribution >= 4 is 21.6 Å². The average Bonchev–Trinajstić information content (AvgIpc) is 3.07. The average molecular weight is 368 g/mol. The Bertz CT molecular complexity index is 729. The second-order valence-corrected chi connectivity index (χ2v) is 8.40. The molecule has 1 aliphatic carbocycles. The summed E-state index contributed by atoms with van der Waals surface area (Å²) in [6, 6.07) is 5.25. The number of hydrogen-bond donors (Lipinski definition) is 1. The molecule has 0 aromatic heterocycles. The van der Waals surface area contributed by atoms with Crippen LogP contribution in [0, 0.1) is 0 Å². The molecule has 1 aromatic carbocycles. The number of rotatable bonds is 6. The predicted octanol–water partition coefficient (Wildman–Crippen LogP) is 1.99. The van der Waals surface area contributed by atoms with Gasteiger partial charge in [-0.2, -0.15) is 4.31 Å². The molecule has 1 saturated carbocycles. The van der Waals surface area contributed by atoms with Crippen LogP contribution in [-0.4, -0.2) is 50.7 Å². The number of ether oxygens (including phenoxy) is 2. The second-order valence-electron chi connectivity index (χ2n) is 6.47. The Morgan fingerprint density at radius 3 is 2.56 bits per heavy atom. The van der Waals surface area contributed by atoms with Gasteiger partial charge in [0.1, 0.15) is 13.2 Å². The fraction of sp³-hybridized carbons (Fsp3) is 0.588. The van der Waals surface area contributed by atoms with Crippen molar-refractivity contribution < 1.29 is 22.7 Å². The standard InChI is InChI=1S/C17H24N2O5S/c1-25(21,22)19(14-4-2-3-5-14)9-8-17(20)18-13-6-7-15-16(12-13)24-11-10-23-15/h6-7,12,14H,2-5,8-11H2,1H3,(H,18,20). The third-order valence-electron chi connectivity index (χ3n) is 4.54. The maximum absolute atomic E-state index is 12.2. The summed E-state index contributed by atoms with van der Waals surface area (Å²) in [6.45, 7) is 1.20. The molecule has 1 aromatic rings. The molecular weight excluding hydrogens is 344 g/mol. The number of amides is 1. The molecule has 2 aliphatic rings. The van der Waals surface area contributed by atoms with Crippen LogP contribution in [0.5, 0.6) is 11.5 Å². The van der Waals surface area contributed by atoms with Crippen molar-refractivity contribution in [3.63, 3.8) is 0 Å². The second kappa shape index (κ2) is 7.61. The van der Waals surface area contributed by atoms with Gasteiger partial charge in [-0.05, 0) is 25.0 Å². The van der Waals surface area contributed by atoms with Crippen LogP contribution in [0.3, 0.4) is 0 Å². The van der Waals surface area contributed by atoms with E-state index in [-0.39, 0.29) is 24.9 Å². The Balaban J connectivity index is 1.58. The molecule has 1 heterocycles. The van der Waals surface area contributed by atoms with E-state index >= 15 is 0 Å². The quantitative estimate of drug-likeness (QED) is 0.830. The van der Waals surface area contributed by atoms with Gasteiger partial charge in [-0.3, -0.25) is 4.79 Å². The topological polar surface area (TPSA) is 84.9 Å². The fourth-order valence-electron chi connectivity index (χ4n) is 3.37. The first-order chi connectivity index (χ1) is 11.9. The van der Waals surface area contributed by atoms with Gasteiger partial charge in [0.15, 0.2) is 11.5 Å². The predicted molar refractivity (Wildman–Crippen MR) is 94.5 cm³/mol. The monoisotopic (exact) mass is 368 g/mol. The Kier molecular flexibility index (Phi) is 5.48. The summed E-state index contributed by atoms with van der Waals surface area (Å²) in [5, 5.41) is 2.79. The highest BCUT2D eigenvalue weighted by Crippen LogP contribution is 2.32. The van der Waals surface area contributed by atoms with Crippen LogP contribution in [0.15, 0.2) is 18.2 Å². The number of nitrogens with zero attached hydrogens (tertiary/aromatic N) is 1. The van der Waals surface area contributed by atoms with Crippen molar-refractivity contribution in [2.45, 2.75) is 38.1 Å². The van der Waals surface area contributed by atoms with Crippen LogP contribution in [0.2, 0.25) is 0 Å². The van der Waals surface area contributed by atoms with E-state index in [2.05, 4.69) is 5.32 Å². The van der Waals surface area contributed by atoms with Crippen LogP contribution in [-0.2, 0) is 14.8 Å². The van der Waals surface area contributed by atoms with Crippen LogP contribution < -0.4 is 14.8 Å². The highest BCUT2D eigenvalue weighted by molar-refractivity contribution is 7.88. The molecule has 1 aliphatic heterocycles. The number of hydrogen-bond acceptors (Lipinski definition) is 5. The van der Waals surface area contributed by atoms with Crippen LogP contribution in [0.4, 0.5) is 5.69 Å². The van der Waals surface area contributed by atoms with Crippen molar-refractivity contribution in [2.75, 3.05) is 31.3 Å². The third-order valence-corrected chi connectivity index (χ3v) is 5.88. The lowest BCUT2D eigenvalue weighted by Gasteiger charge is -2.26. The van der Waals surface area contributed by atoms with Gasteiger partial charge < -0.3 is 14.8 Å². The van der Waals surface area contributed by atoms with Gasteiger partial charge in [-0.25, -0.2) is 8.42 Å². The summed E-state index contributed by atoms with van der Waals surface area (Å²) in [7, 11) is -3.31. The zero-order chi connectivity index (χ0) is 17.9. The summed E-state index contributed by atoms with van der Waals surface area (Å²) in [5.41, 5.74) is 0.612. The minimum Gasteiger partial charge on any atom is -0.486 e. The van der Waals surface area contributed by atoms with Crippen molar-refractivity contribution in [1.82, 2.24) is 4.31 Å². The first-order valence-corrected chi connectivity index (χ1v) is 10.4. The summed E-state index contributed by atoms with van der Waals surface area (Å²) < 4.78 is 36.4. The van der Waals surface area contributed by atoms with Crippen molar-refractivity contribution in [3.8, 4) is 11.5 Å². The van der Waals surface area contributed by atoms with Gasteiger partial charge in [0, 0.05) is 30.8 Å². The first-order valence-electron chi connectivity index (χ1n) is 8.60. The number of sulfonamides is 1. The number of carbonyl (C=O) groups is 1. The van der Waals surface area contributed by atoms with Crippen LogP contribution in [0.1, 0.15) is 32.1 Å². The number of fused-ring (bicyclic) bond motifs is 1. The molecule has 1 amide bonds. The van der Waals surface area contributed by atoms with Crippen molar-refractivity contribution in [1.29, 1.82) is 0 Å². The normalized spacial score (nSPS) is 17.7. The number of nitrogens with one attached hydrogen (secondary N) is 1. The molecule has 0 bridgehead atoms. The lowest BCUT2D eigenvalue weighted by atomic mass is 10.2. The molecule has 0 atom stereocenters. The Labute approximate surface area is 148 Å². The third kappa shape index (κ3) is 4.64. The van der Waals surface area contributed by atoms with Gasteiger partial charge in [0.05, 0.1) is 6.26 Å². The van der Waals surface area contributed by atoms with E-state index in [4.69, 9.17) is 9.47 Å². The Morgan fingerprint density at radius 2 is 1.88 bits per heavy atom. The fourth-order valence-corrected chi connectivity index (χ4v) is 4.54. The minimum atomic E-state index is -3.31. The van der Waals surface area contributed by atoms with Crippen molar-refractivity contribution in [3.05, 3.63) is 18.2 Å². The van der Waals surface area contributed by atoms with Crippen molar-refractivity contribution in [2.24, 2.45) is 0 Å². The molecule has 7 nitrogen and oxygen atoms in total. The summed E-state index contributed by atoms with van der Waals surface area (Å²) in [6.07, 6.45) is 5.16. The molecule has 3 rings (SSSR count). The number of carbonyl (C=O) groups excluding carboxylic acids is 1. The van der Waals surface area contributed by atoms with E-state index in [1.54, 1.807) is 18.2 Å². The maximum Gasteiger partial charge on any atom is 0.225 e. The molecule has 0 saturated heterocycles. The molecule has 8 heteroatoms. The van der Waals surface area contributed by atoms with E-state index in [1.165, 1.54) is 10.6 Å². The van der Waals surface area contributed by atoms with E-state index in [9.17, 15) is 13.2 Å². The van der Waals surface area contributed by atoms with Crippen LogP contribution >= 0.6 is 0 Å². The van der Waals surface area contributed by atoms with Gasteiger partial charge in [-0.15, -0.1) is 0 Å². The molecule has 1 N–H and O–H groups in total. The van der Waals surface area contributed by atoms with Gasteiger partial charge in [0.2, 0.25) is 15.9 Å². The molecule has 25 heavy (non-hydrogen) atoms. The zero-order valence-corrected chi connectivity index (χ0v) is 15.2. The first kappa shape index (κ1) is 18.0. The maximum atomic E-state index is 12.2. The van der Waals surface area contributed by atoms with E-state index in [1.807, 2.05) is 0 Å². The van der Waals surface area contributed by atoms with Gasteiger partial charge in [-0.1, -0.05) is 12.8 Å². The zero-order valence-electron chi connectivity index (χ0n) is 14.4. The van der Waals surface area contributed by atoms with E-state index < -0.39 is 10.0 Å². The Hall–Kier alpha value is -1.80.